The van der Waals surface area contributed by atoms with Crippen molar-refractivity contribution in [2.24, 2.45) is 20.9 Å². The molecule has 362 valence electrons. The number of anilines is 3. The Morgan fingerprint density at radius 1 is 0.929 bits per heavy atom. The van der Waals surface area contributed by atoms with Gasteiger partial charge in [0.25, 0.3) is 5.91 Å². The van der Waals surface area contributed by atoms with Crippen LogP contribution in [-0.2, 0) is 41.7 Å². The molecule has 4 aromatic carbocycles. The zero-order chi connectivity index (χ0) is 49.1. The molecule has 0 saturated carbocycles. The third-order valence-corrected chi connectivity index (χ3v) is 11.6. The molecule has 5 aromatic rings. The Bertz CT molecular complexity index is 2860. The highest BCUT2D eigenvalue weighted by Gasteiger charge is 2.39. The number of hydrazone groups is 1. The minimum atomic E-state index is -0.883. The van der Waals surface area contributed by atoms with E-state index in [1.165, 1.54) is 29.3 Å². The highest BCUT2D eigenvalue weighted by atomic mass is 35.5. The molecule has 21 heteroatoms. The fraction of sp³-hybridized carbons (Fsp3) is 0.286. The smallest absolute Gasteiger partial charge is 0.255 e. The van der Waals surface area contributed by atoms with Crippen LogP contribution >= 0.6 is 11.6 Å². The van der Waals surface area contributed by atoms with Gasteiger partial charge in [-0.25, -0.2) is 18.7 Å². The van der Waals surface area contributed by atoms with Crippen LogP contribution in [0.1, 0.15) is 57.4 Å². The molecule has 0 radical (unpaired) electrons. The van der Waals surface area contributed by atoms with E-state index in [9.17, 15) is 33.1 Å². The first-order valence-corrected chi connectivity index (χ1v) is 22.6. The van der Waals surface area contributed by atoms with Gasteiger partial charge in [0.05, 0.1) is 76.1 Å². The van der Waals surface area contributed by atoms with Gasteiger partial charge >= 0.3 is 0 Å². The van der Waals surface area contributed by atoms with Crippen LogP contribution in [0.3, 0.4) is 0 Å². The van der Waals surface area contributed by atoms with E-state index in [0.29, 0.717) is 61.2 Å². The number of carbonyl (C=O) groups is 4. The monoisotopic (exact) mass is 976 g/mol. The molecule has 70 heavy (non-hydrogen) atoms. The van der Waals surface area contributed by atoms with Gasteiger partial charge in [0.15, 0.2) is 0 Å². The van der Waals surface area contributed by atoms with Crippen LogP contribution in [0.15, 0.2) is 100 Å². The summed E-state index contributed by atoms with van der Waals surface area (Å²) in [5.41, 5.74) is 5.52. The molecule has 1 aromatic heterocycles. The van der Waals surface area contributed by atoms with Gasteiger partial charge in [0.2, 0.25) is 23.7 Å². The van der Waals surface area contributed by atoms with Gasteiger partial charge in [-0.2, -0.15) is 5.10 Å². The Kier molecular flexibility index (Phi) is 16.0. The Hall–Kier alpha value is -7.36. The first-order chi connectivity index (χ1) is 33.9. The third kappa shape index (κ3) is 11.9. The maximum Gasteiger partial charge on any atom is 0.255 e. The van der Waals surface area contributed by atoms with Crippen LogP contribution in [0.2, 0.25) is 5.02 Å². The lowest BCUT2D eigenvalue weighted by Gasteiger charge is -2.29. The second-order valence-electron chi connectivity index (χ2n) is 16.3. The lowest BCUT2D eigenvalue weighted by molar-refractivity contribution is -0.137. The molecule has 4 amide bonds. The first-order valence-electron chi connectivity index (χ1n) is 22.2. The van der Waals surface area contributed by atoms with Gasteiger partial charge in [0, 0.05) is 69.6 Å². The number of halogens is 3. The summed E-state index contributed by atoms with van der Waals surface area (Å²) < 4.78 is 46.4. The van der Waals surface area contributed by atoms with E-state index in [1.54, 1.807) is 66.9 Å². The number of rotatable bonds is 20. The summed E-state index contributed by atoms with van der Waals surface area (Å²) in [6, 6.07) is 20.1. The van der Waals surface area contributed by atoms with Crippen molar-refractivity contribution in [3.63, 3.8) is 0 Å². The van der Waals surface area contributed by atoms with Crippen molar-refractivity contribution >= 4 is 70.2 Å². The molecule has 0 aliphatic carbocycles. The molecule has 2 atom stereocenters. The summed E-state index contributed by atoms with van der Waals surface area (Å²) in [5, 5.41) is 22.7. The number of imide groups is 1. The minimum Gasteiger partial charge on any atom is -0.388 e. The number of aromatic nitrogens is 2. The number of aliphatic hydroxyl groups excluding tert-OH is 1. The largest absolute Gasteiger partial charge is 0.388 e. The van der Waals surface area contributed by atoms with Gasteiger partial charge in [-0.1, -0.05) is 35.9 Å². The number of nitrogens with zero attached hydrogens (tertiary/aromatic N) is 6. The molecular weight excluding hydrogens is 930 g/mol. The summed E-state index contributed by atoms with van der Waals surface area (Å²) in [6.07, 6.45) is 2.77. The highest BCUT2D eigenvalue weighted by molar-refractivity contribution is 6.38. The Morgan fingerprint density at radius 3 is 2.44 bits per heavy atom. The zero-order valence-corrected chi connectivity index (χ0v) is 38.3. The Balaban J connectivity index is 0.706. The molecule has 6 N–H and O–H groups in total. The SMILES string of the molecule is NN=C(C=NCCOCC(O)COCCOCCC(=O)Nc1ccc2c(c1)CN(C1CCC(=O)NC1=O)C2=O)c1ccc(Nc2ncc3c(n2)-c2ccc(Cl)cc2C(c2c(F)cccc2F)=NC3)cc1. The molecule has 1 saturated heterocycles. The number of amides is 4. The molecule has 0 bridgehead atoms. The van der Waals surface area contributed by atoms with Gasteiger partial charge in [-0.05, 0) is 66.6 Å². The number of nitrogens with one attached hydrogen (secondary N) is 3. The predicted molar refractivity (Wildman–Crippen MR) is 256 cm³/mol. The van der Waals surface area contributed by atoms with Gasteiger partial charge in [-0.15, -0.1) is 0 Å². The van der Waals surface area contributed by atoms with E-state index < -0.39 is 29.7 Å². The minimum absolute atomic E-state index is 0.0147. The summed E-state index contributed by atoms with van der Waals surface area (Å²) in [7, 11) is 0. The van der Waals surface area contributed by atoms with E-state index in [1.807, 2.05) is 0 Å². The number of aliphatic imine (C=N–C) groups is 2. The molecule has 4 heterocycles. The van der Waals surface area contributed by atoms with Crippen LogP contribution in [0, 0.1) is 11.6 Å². The van der Waals surface area contributed by atoms with E-state index in [0.717, 1.165) is 0 Å². The van der Waals surface area contributed by atoms with Gasteiger partial charge in [-0.3, -0.25) is 34.5 Å². The topological polar surface area (TPSA) is 244 Å². The fourth-order valence-electron chi connectivity index (χ4n) is 7.97. The van der Waals surface area contributed by atoms with Crippen molar-refractivity contribution in [1.82, 2.24) is 20.2 Å². The molecule has 0 spiro atoms. The summed E-state index contributed by atoms with van der Waals surface area (Å²) in [5.74, 6) is 3.06. The highest BCUT2D eigenvalue weighted by Crippen LogP contribution is 2.35. The Morgan fingerprint density at radius 2 is 1.67 bits per heavy atom. The molecule has 1 fully saturated rings. The van der Waals surface area contributed by atoms with E-state index >= 15 is 0 Å². The summed E-state index contributed by atoms with van der Waals surface area (Å²) in [4.78, 5) is 68.8. The van der Waals surface area contributed by atoms with Gasteiger partial charge in [0.1, 0.15) is 29.5 Å². The van der Waals surface area contributed by atoms with Gasteiger partial charge < -0.3 is 40.7 Å². The number of ether oxygens (including phenoxy) is 3. The number of carbonyl (C=O) groups excluding carboxylic acids is 4. The molecule has 18 nitrogen and oxygen atoms in total. The third-order valence-electron chi connectivity index (χ3n) is 11.4. The van der Waals surface area contributed by atoms with Crippen LogP contribution in [0.25, 0.3) is 11.3 Å². The molecular formula is C49H47ClF2N10O8. The number of fused-ring (bicyclic) bond motifs is 4. The zero-order valence-electron chi connectivity index (χ0n) is 37.5. The van der Waals surface area contributed by atoms with Crippen molar-refractivity contribution in [2.75, 3.05) is 56.8 Å². The van der Waals surface area contributed by atoms with Crippen molar-refractivity contribution in [3.05, 3.63) is 135 Å². The lowest BCUT2D eigenvalue weighted by Crippen LogP contribution is -2.52. The average molecular weight is 977 g/mol. The standard InChI is InChI=1S/C49H47ClF2N10O8/c50-31-6-10-36-37(21-31)46(44-38(51)2-1-3-39(44)52)55-22-30-23-56-49(60-45(30)36)58-32-7-4-28(5-8-32)40(61-53)24-54-15-17-69-26-34(63)27-70-19-18-68-16-14-43(65)57-33-9-11-35-29(20-33)25-62(48(35)67)41-12-13-42(64)59-47(41)66/h1-11,20-21,23-24,34,41,63H,12-19,22,25-27,53H2,(H,57,65)(H,56,58,60)(H,59,64,66). The predicted octanol–water partition coefficient (Wildman–Crippen LogP) is 5.10. The van der Waals surface area contributed by atoms with Crippen LogP contribution in [0.4, 0.5) is 26.1 Å². The van der Waals surface area contributed by atoms with Crippen LogP contribution in [-0.4, -0.2) is 120 Å². The molecule has 3 aliphatic heterocycles. The number of benzene rings is 4. The quantitative estimate of drug-likeness (QED) is 0.0225. The average Bonchev–Trinajstić information content (AvgIpc) is 3.58. The van der Waals surface area contributed by atoms with E-state index in [2.05, 4.69) is 36.0 Å². The van der Waals surface area contributed by atoms with Crippen LogP contribution < -0.4 is 21.8 Å². The fourth-order valence-corrected chi connectivity index (χ4v) is 8.15. The number of nitrogens with two attached hydrogens (primary N) is 1. The Labute approximate surface area is 405 Å². The number of aliphatic hydroxyl groups is 1. The van der Waals surface area contributed by atoms with Crippen molar-refractivity contribution < 1.29 is 47.3 Å². The molecule has 3 aliphatic rings. The van der Waals surface area contributed by atoms with Crippen molar-refractivity contribution in [3.8, 4) is 11.3 Å². The maximum absolute atomic E-state index is 14.9. The lowest BCUT2D eigenvalue weighted by atomic mass is 9.95. The molecule has 2 unspecified atom stereocenters. The maximum atomic E-state index is 14.9. The number of hydrogen-bond donors (Lipinski definition) is 5. The van der Waals surface area contributed by atoms with Crippen molar-refractivity contribution in [2.45, 2.75) is 44.5 Å². The van der Waals surface area contributed by atoms with Crippen LogP contribution in [0.5, 0.6) is 0 Å². The normalized spacial score (nSPS) is 16.0. The second-order valence-corrected chi connectivity index (χ2v) is 16.7. The van der Waals surface area contributed by atoms with E-state index in [4.69, 9.17) is 36.6 Å². The second kappa shape index (κ2) is 22.8. The number of piperidine rings is 1. The van der Waals surface area contributed by atoms with Crippen molar-refractivity contribution in [1.29, 1.82) is 0 Å². The van der Waals surface area contributed by atoms with E-state index in [-0.39, 0.29) is 113 Å². The summed E-state index contributed by atoms with van der Waals surface area (Å²) in [6.45, 7) is 1.34. The number of hydrogen-bond acceptors (Lipinski definition) is 15. The summed E-state index contributed by atoms with van der Waals surface area (Å²) >= 11 is 6.35. The molecule has 8 rings (SSSR count). The first kappa shape index (κ1) is 49.1.